The number of hydrogen-bond acceptors (Lipinski definition) is 4. The summed E-state index contributed by atoms with van der Waals surface area (Å²) in [4.78, 5) is 22.4. The molecule has 1 amide bonds. The number of amides is 1. The van der Waals surface area contributed by atoms with Crippen molar-refractivity contribution >= 4 is 12.1 Å². The highest BCUT2D eigenvalue weighted by atomic mass is 16.6. The predicted octanol–water partition coefficient (Wildman–Crippen LogP) is 2.61. The zero-order valence-corrected chi connectivity index (χ0v) is 13.9. The van der Waals surface area contributed by atoms with E-state index in [2.05, 4.69) is 5.32 Å². The SMILES string of the molecule is CC(C)(C)OC(=O)NC(COCCC(=O)O)Cc1ccccc1. The van der Waals surface area contributed by atoms with Gasteiger partial charge in [0.25, 0.3) is 0 Å². The van der Waals surface area contributed by atoms with Crippen LogP contribution in [-0.2, 0) is 20.7 Å². The van der Waals surface area contributed by atoms with E-state index in [-0.39, 0.29) is 25.7 Å². The van der Waals surface area contributed by atoms with Gasteiger partial charge in [0.05, 0.1) is 25.7 Å². The van der Waals surface area contributed by atoms with E-state index in [9.17, 15) is 9.59 Å². The van der Waals surface area contributed by atoms with Gasteiger partial charge in [-0.2, -0.15) is 0 Å². The lowest BCUT2D eigenvalue weighted by molar-refractivity contribution is -0.138. The third-order valence-electron chi connectivity index (χ3n) is 2.83. The van der Waals surface area contributed by atoms with Crippen LogP contribution in [0.3, 0.4) is 0 Å². The Hall–Kier alpha value is -2.08. The molecular formula is C17H25NO5. The minimum Gasteiger partial charge on any atom is -0.481 e. The zero-order chi connectivity index (χ0) is 17.3. The molecule has 0 aromatic heterocycles. The van der Waals surface area contributed by atoms with E-state index in [0.29, 0.717) is 6.42 Å². The average Bonchev–Trinajstić information content (AvgIpc) is 2.42. The molecule has 0 bridgehead atoms. The fourth-order valence-corrected chi connectivity index (χ4v) is 1.91. The van der Waals surface area contributed by atoms with Gasteiger partial charge in [0.2, 0.25) is 0 Å². The lowest BCUT2D eigenvalue weighted by Crippen LogP contribution is -2.42. The van der Waals surface area contributed by atoms with Gasteiger partial charge in [0.1, 0.15) is 5.60 Å². The molecule has 1 aromatic carbocycles. The van der Waals surface area contributed by atoms with Crippen molar-refractivity contribution in [3.8, 4) is 0 Å². The highest BCUT2D eigenvalue weighted by Gasteiger charge is 2.20. The molecule has 1 atom stereocenters. The van der Waals surface area contributed by atoms with Crippen LogP contribution in [-0.4, -0.2) is 42.0 Å². The molecule has 0 aliphatic rings. The number of carbonyl (C=O) groups excluding carboxylic acids is 1. The molecule has 0 aliphatic heterocycles. The first kappa shape index (κ1) is 19.0. The molecule has 1 rings (SSSR count). The number of nitrogens with one attached hydrogen (secondary N) is 1. The molecule has 0 heterocycles. The van der Waals surface area contributed by atoms with Crippen molar-refractivity contribution in [3.63, 3.8) is 0 Å². The number of carboxylic acids is 1. The van der Waals surface area contributed by atoms with Gasteiger partial charge in [-0.15, -0.1) is 0 Å². The number of rotatable bonds is 8. The Kier molecular flexibility index (Phi) is 7.54. The Balaban J connectivity index is 2.56. The van der Waals surface area contributed by atoms with E-state index in [0.717, 1.165) is 5.56 Å². The maximum absolute atomic E-state index is 11.9. The second-order valence-electron chi connectivity index (χ2n) is 6.25. The molecule has 0 aliphatic carbocycles. The zero-order valence-electron chi connectivity index (χ0n) is 13.9. The topological polar surface area (TPSA) is 84.9 Å². The molecule has 0 saturated carbocycles. The van der Waals surface area contributed by atoms with Gasteiger partial charge >= 0.3 is 12.1 Å². The Bertz CT molecular complexity index is 495. The third-order valence-corrected chi connectivity index (χ3v) is 2.83. The van der Waals surface area contributed by atoms with Gasteiger partial charge in [-0.25, -0.2) is 4.79 Å². The Morgan fingerprint density at radius 1 is 1.22 bits per heavy atom. The van der Waals surface area contributed by atoms with Crippen molar-refractivity contribution in [3.05, 3.63) is 35.9 Å². The number of benzene rings is 1. The molecule has 0 fully saturated rings. The molecule has 23 heavy (non-hydrogen) atoms. The van der Waals surface area contributed by atoms with Crippen LogP contribution >= 0.6 is 0 Å². The standard InChI is InChI=1S/C17H25NO5/c1-17(2,3)23-16(21)18-14(12-22-10-9-15(19)20)11-13-7-5-4-6-8-13/h4-8,14H,9-12H2,1-3H3,(H,18,21)(H,19,20). The van der Waals surface area contributed by atoms with Crippen LogP contribution in [0.25, 0.3) is 0 Å². The van der Waals surface area contributed by atoms with Crippen molar-refractivity contribution in [2.75, 3.05) is 13.2 Å². The number of aliphatic carboxylic acids is 1. The summed E-state index contributed by atoms with van der Waals surface area (Å²) < 4.78 is 10.6. The Morgan fingerprint density at radius 2 is 1.87 bits per heavy atom. The number of carboxylic acid groups (broad SMARTS) is 1. The monoisotopic (exact) mass is 323 g/mol. The summed E-state index contributed by atoms with van der Waals surface area (Å²) in [6.07, 6.45) is -0.00209. The fraction of sp³-hybridized carbons (Fsp3) is 0.529. The summed E-state index contributed by atoms with van der Waals surface area (Å²) in [7, 11) is 0. The number of ether oxygens (including phenoxy) is 2. The highest BCUT2D eigenvalue weighted by molar-refractivity contribution is 5.68. The second-order valence-corrected chi connectivity index (χ2v) is 6.25. The first-order valence-electron chi connectivity index (χ1n) is 7.59. The summed E-state index contributed by atoms with van der Waals surface area (Å²) in [6, 6.07) is 9.39. The number of alkyl carbamates (subject to hydrolysis) is 1. The van der Waals surface area contributed by atoms with Gasteiger partial charge in [-0.3, -0.25) is 4.79 Å². The van der Waals surface area contributed by atoms with Gasteiger partial charge < -0.3 is 19.9 Å². The van der Waals surface area contributed by atoms with Crippen molar-refractivity contribution in [1.82, 2.24) is 5.32 Å². The number of hydrogen-bond donors (Lipinski definition) is 2. The molecule has 2 N–H and O–H groups in total. The van der Waals surface area contributed by atoms with Crippen LogP contribution in [0.2, 0.25) is 0 Å². The Labute approximate surface area is 136 Å². The maximum atomic E-state index is 11.9. The predicted molar refractivity (Wildman–Crippen MR) is 86.4 cm³/mol. The minimum absolute atomic E-state index is 0.0650. The minimum atomic E-state index is -0.912. The van der Waals surface area contributed by atoms with Gasteiger partial charge in [-0.1, -0.05) is 30.3 Å². The van der Waals surface area contributed by atoms with Crippen LogP contribution in [0.15, 0.2) is 30.3 Å². The molecule has 6 heteroatoms. The van der Waals surface area contributed by atoms with Crippen molar-refractivity contribution in [2.24, 2.45) is 0 Å². The maximum Gasteiger partial charge on any atom is 0.407 e. The molecular weight excluding hydrogens is 298 g/mol. The smallest absolute Gasteiger partial charge is 0.407 e. The molecule has 0 saturated heterocycles. The lowest BCUT2D eigenvalue weighted by atomic mass is 10.1. The third kappa shape index (κ3) is 9.52. The van der Waals surface area contributed by atoms with Crippen LogP contribution in [0.5, 0.6) is 0 Å². The normalized spacial score (nSPS) is 12.5. The largest absolute Gasteiger partial charge is 0.481 e. The van der Waals surface area contributed by atoms with Crippen LogP contribution in [0.4, 0.5) is 4.79 Å². The molecule has 0 radical (unpaired) electrons. The van der Waals surface area contributed by atoms with E-state index in [1.54, 1.807) is 20.8 Å². The first-order valence-corrected chi connectivity index (χ1v) is 7.59. The van der Waals surface area contributed by atoms with Gasteiger partial charge in [-0.05, 0) is 32.8 Å². The van der Waals surface area contributed by atoms with Crippen LogP contribution in [0, 0.1) is 0 Å². The fourth-order valence-electron chi connectivity index (χ4n) is 1.91. The first-order chi connectivity index (χ1) is 10.8. The van der Waals surface area contributed by atoms with E-state index >= 15 is 0 Å². The van der Waals surface area contributed by atoms with E-state index in [4.69, 9.17) is 14.6 Å². The average molecular weight is 323 g/mol. The second kappa shape index (κ2) is 9.15. The summed E-state index contributed by atoms with van der Waals surface area (Å²) in [6.45, 7) is 5.71. The molecule has 0 spiro atoms. The molecule has 6 nitrogen and oxygen atoms in total. The Morgan fingerprint density at radius 3 is 2.43 bits per heavy atom. The number of carbonyl (C=O) groups is 2. The van der Waals surface area contributed by atoms with Crippen molar-refractivity contribution in [2.45, 2.75) is 45.3 Å². The molecule has 1 aromatic rings. The van der Waals surface area contributed by atoms with E-state index < -0.39 is 17.7 Å². The van der Waals surface area contributed by atoms with Crippen LogP contribution < -0.4 is 5.32 Å². The van der Waals surface area contributed by atoms with Crippen molar-refractivity contribution < 1.29 is 24.2 Å². The quantitative estimate of drug-likeness (QED) is 0.718. The van der Waals surface area contributed by atoms with Gasteiger partial charge in [0, 0.05) is 0 Å². The molecule has 1 unspecified atom stereocenters. The van der Waals surface area contributed by atoms with Crippen LogP contribution in [0.1, 0.15) is 32.8 Å². The van der Waals surface area contributed by atoms with E-state index in [1.165, 1.54) is 0 Å². The van der Waals surface area contributed by atoms with Crippen molar-refractivity contribution in [1.29, 1.82) is 0 Å². The summed E-state index contributed by atoms with van der Waals surface area (Å²) in [5, 5.41) is 11.4. The summed E-state index contributed by atoms with van der Waals surface area (Å²) in [5.74, 6) is -0.912. The molecule has 128 valence electrons. The lowest BCUT2D eigenvalue weighted by Gasteiger charge is -2.23. The van der Waals surface area contributed by atoms with Gasteiger partial charge in [0.15, 0.2) is 0 Å². The summed E-state index contributed by atoms with van der Waals surface area (Å²) in [5.41, 5.74) is 0.473. The highest BCUT2D eigenvalue weighted by Crippen LogP contribution is 2.09. The van der Waals surface area contributed by atoms with E-state index in [1.807, 2.05) is 30.3 Å². The summed E-state index contributed by atoms with van der Waals surface area (Å²) >= 11 is 0.